The van der Waals surface area contributed by atoms with E-state index in [4.69, 9.17) is 0 Å². The van der Waals surface area contributed by atoms with Gasteiger partial charge in [-0.25, -0.2) is 9.18 Å². The molecule has 0 spiro atoms. The Morgan fingerprint density at radius 2 is 2.00 bits per heavy atom. The van der Waals surface area contributed by atoms with E-state index in [0.717, 1.165) is 4.90 Å². The van der Waals surface area contributed by atoms with E-state index in [1.807, 2.05) is 0 Å². The van der Waals surface area contributed by atoms with Gasteiger partial charge in [0, 0.05) is 4.90 Å². The van der Waals surface area contributed by atoms with Crippen LogP contribution in [0.2, 0.25) is 0 Å². The molecule has 0 radical (unpaired) electrons. The van der Waals surface area contributed by atoms with E-state index in [0.29, 0.717) is 4.91 Å². The molecule has 1 rings (SSSR count). The number of methoxy groups -OCH3 is 1. The van der Waals surface area contributed by atoms with Gasteiger partial charge >= 0.3 is 5.97 Å². The molecule has 0 amide bonds. The number of halogens is 1. The van der Waals surface area contributed by atoms with Crippen LogP contribution < -0.4 is 0 Å². The highest BCUT2D eigenvalue weighted by molar-refractivity contribution is 8.06. The molecule has 0 heterocycles. The number of esters is 1. The minimum Gasteiger partial charge on any atom is -0.465 e. The lowest BCUT2D eigenvalue weighted by Gasteiger charge is -2.01. The van der Waals surface area contributed by atoms with Crippen LogP contribution in [0.4, 0.5) is 4.39 Å². The van der Waals surface area contributed by atoms with Crippen LogP contribution in [0, 0.1) is 5.82 Å². The molecule has 0 N–H and O–H groups in total. The van der Waals surface area contributed by atoms with E-state index < -0.39 is 0 Å². The summed E-state index contributed by atoms with van der Waals surface area (Å²) in [4.78, 5) is 12.6. The molecule has 0 saturated carbocycles. The summed E-state index contributed by atoms with van der Waals surface area (Å²) in [5.74, 6) is -0.631. The van der Waals surface area contributed by atoms with E-state index in [-0.39, 0.29) is 11.8 Å². The van der Waals surface area contributed by atoms with Crippen molar-refractivity contribution < 1.29 is 13.9 Å². The van der Waals surface area contributed by atoms with Crippen LogP contribution in [0.3, 0.4) is 0 Å². The highest BCUT2D eigenvalue weighted by Crippen LogP contribution is 2.24. The molecule has 16 heavy (non-hydrogen) atoms. The van der Waals surface area contributed by atoms with Gasteiger partial charge in [-0.3, -0.25) is 0 Å². The molecule has 0 saturated heterocycles. The Bertz CT molecular complexity index is 387. The highest BCUT2D eigenvalue weighted by atomic mass is 32.2. The van der Waals surface area contributed by atoms with Crippen molar-refractivity contribution in [2.75, 3.05) is 13.4 Å². The summed E-state index contributed by atoms with van der Waals surface area (Å²) in [6.07, 6.45) is 1.80. The van der Waals surface area contributed by atoms with E-state index in [1.54, 1.807) is 23.8 Å². The number of carbonyl (C=O) groups is 1. The lowest BCUT2D eigenvalue weighted by Crippen LogP contribution is -2.00. The molecule has 86 valence electrons. The van der Waals surface area contributed by atoms with Gasteiger partial charge in [0.25, 0.3) is 0 Å². The maximum Gasteiger partial charge on any atom is 0.344 e. The lowest BCUT2D eigenvalue weighted by atomic mass is 10.4. The fourth-order valence-electron chi connectivity index (χ4n) is 0.915. The zero-order chi connectivity index (χ0) is 12.0. The third-order valence-electron chi connectivity index (χ3n) is 1.72. The van der Waals surface area contributed by atoms with Crippen LogP contribution in [-0.4, -0.2) is 19.3 Å². The Balaban J connectivity index is 2.70. The van der Waals surface area contributed by atoms with Crippen molar-refractivity contribution in [3.8, 4) is 0 Å². The summed E-state index contributed by atoms with van der Waals surface area (Å²) >= 11 is 2.67. The SMILES string of the molecule is COC(=O)/C(=C/Sc1ccc(F)cc1)SC. The number of thioether (sulfide) groups is 2. The first-order chi connectivity index (χ1) is 7.67. The van der Waals surface area contributed by atoms with Crippen LogP contribution in [-0.2, 0) is 9.53 Å². The maximum absolute atomic E-state index is 12.6. The van der Waals surface area contributed by atoms with Gasteiger partial charge in [0.1, 0.15) is 5.82 Å². The van der Waals surface area contributed by atoms with E-state index in [2.05, 4.69) is 4.74 Å². The Kier molecular flexibility index (Phi) is 5.42. The summed E-state index contributed by atoms with van der Waals surface area (Å²) < 4.78 is 17.2. The van der Waals surface area contributed by atoms with Crippen LogP contribution >= 0.6 is 23.5 Å². The molecular weight excluding hydrogens is 247 g/mol. The van der Waals surface area contributed by atoms with Gasteiger partial charge in [-0.2, -0.15) is 0 Å². The quantitative estimate of drug-likeness (QED) is 0.470. The average Bonchev–Trinajstić information content (AvgIpc) is 2.31. The smallest absolute Gasteiger partial charge is 0.344 e. The van der Waals surface area contributed by atoms with Crippen molar-refractivity contribution in [3.05, 3.63) is 40.4 Å². The van der Waals surface area contributed by atoms with Gasteiger partial charge in [-0.15, -0.1) is 11.8 Å². The Morgan fingerprint density at radius 3 is 2.50 bits per heavy atom. The zero-order valence-electron chi connectivity index (χ0n) is 8.90. The van der Waals surface area contributed by atoms with Crippen molar-refractivity contribution in [2.24, 2.45) is 0 Å². The number of hydrogen-bond donors (Lipinski definition) is 0. The van der Waals surface area contributed by atoms with Crippen molar-refractivity contribution in [3.63, 3.8) is 0 Å². The number of benzene rings is 1. The van der Waals surface area contributed by atoms with Crippen molar-refractivity contribution in [1.82, 2.24) is 0 Å². The molecule has 0 aliphatic rings. The normalized spacial score (nSPS) is 11.3. The first-order valence-corrected chi connectivity index (χ1v) is 6.52. The molecule has 0 aromatic heterocycles. The van der Waals surface area contributed by atoms with Gasteiger partial charge in [-0.05, 0) is 35.9 Å². The predicted octanol–water partition coefficient (Wildman–Crippen LogP) is 3.30. The summed E-state index contributed by atoms with van der Waals surface area (Å²) in [5.41, 5.74) is 0. The molecule has 2 nitrogen and oxygen atoms in total. The summed E-state index contributed by atoms with van der Waals surface area (Å²) in [7, 11) is 1.34. The van der Waals surface area contributed by atoms with Crippen LogP contribution in [0.25, 0.3) is 0 Å². The minimum atomic E-state index is -0.359. The van der Waals surface area contributed by atoms with Crippen molar-refractivity contribution in [1.29, 1.82) is 0 Å². The van der Waals surface area contributed by atoms with Gasteiger partial charge in [0.05, 0.1) is 12.0 Å². The molecule has 1 aromatic carbocycles. The predicted molar refractivity (Wildman–Crippen MR) is 65.9 cm³/mol. The Labute approximate surface area is 102 Å². The minimum absolute atomic E-state index is 0.272. The second kappa shape index (κ2) is 6.60. The average molecular weight is 258 g/mol. The van der Waals surface area contributed by atoms with Crippen molar-refractivity contribution in [2.45, 2.75) is 4.90 Å². The van der Waals surface area contributed by atoms with Gasteiger partial charge in [-0.1, -0.05) is 11.8 Å². The molecule has 0 atom stereocenters. The first kappa shape index (κ1) is 13.1. The molecule has 0 fully saturated rings. The standard InChI is InChI=1S/C11H11FO2S2/c1-14-11(13)10(15-2)7-16-9-5-3-8(12)4-6-9/h3-7H,1-2H3/b10-7-. The third kappa shape index (κ3) is 3.90. The Morgan fingerprint density at radius 1 is 1.38 bits per heavy atom. The maximum atomic E-state index is 12.6. The van der Waals surface area contributed by atoms with Gasteiger partial charge in [0.15, 0.2) is 0 Å². The summed E-state index contributed by atoms with van der Waals surface area (Å²) in [6.45, 7) is 0. The van der Waals surface area contributed by atoms with E-state index in [9.17, 15) is 9.18 Å². The van der Waals surface area contributed by atoms with Crippen molar-refractivity contribution >= 4 is 29.5 Å². The largest absolute Gasteiger partial charge is 0.465 e. The van der Waals surface area contributed by atoms with Crippen LogP contribution in [0.1, 0.15) is 0 Å². The van der Waals surface area contributed by atoms with E-state index in [1.165, 1.54) is 42.8 Å². The molecule has 0 aliphatic carbocycles. The summed E-state index contributed by atoms with van der Waals surface area (Å²) in [5, 5.41) is 1.70. The molecule has 5 heteroatoms. The zero-order valence-corrected chi connectivity index (χ0v) is 10.5. The lowest BCUT2D eigenvalue weighted by molar-refractivity contribution is -0.135. The molecule has 0 aliphatic heterocycles. The molecular formula is C11H11FO2S2. The van der Waals surface area contributed by atoms with Crippen LogP contribution in [0.5, 0.6) is 0 Å². The van der Waals surface area contributed by atoms with Gasteiger partial charge < -0.3 is 4.74 Å². The van der Waals surface area contributed by atoms with Gasteiger partial charge in [0.2, 0.25) is 0 Å². The molecule has 0 unspecified atom stereocenters. The first-order valence-electron chi connectivity index (χ1n) is 4.42. The number of carbonyl (C=O) groups excluding carboxylic acids is 1. The number of ether oxygens (including phenoxy) is 1. The second-order valence-electron chi connectivity index (χ2n) is 2.75. The third-order valence-corrected chi connectivity index (χ3v) is 3.49. The fraction of sp³-hybridized carbons (Fsp3) is 0.182. The topological polar surface area (TPSA) is 26.3 Å². The van der Waals surface area contributed by atoms with Crippen LogP contribution in [0.15, 0.2) is 39.5 Å². The highest BCUT2D eigenvalue weighted by Gasteiger charge is 2.07. The van der Waals surface area contributed by atoms with E-state index >= 15 is 0 Å². The monoisotopic (exact) mass is 258 g/mol. The fourth-order valence-corrected chi connectivity index (χ4v) is 2.33. The second-order valence-corrected chi connectivity index (χ2v) is 4.54. The molecule has 0 bridgehead atoms. The number of rotatable bonds is 4. The molecule has 1 aromatic rings. The Hall–Kier alpha value is -0.940. The number of hydrogen-bond acceptors (Lipinski definition) is 4. The summed E-state index contributed by atoms with van der Waals surface area (Å²) in [6, 6.07) is 6.08.